The lowest BCUT2D eigenvalue weighted by atomic mass is 10.2. The van der Waals surface area contributed by atoms with Gasteiger partial charge in [0.25, 0.3) is 0 Å². The summed E-state index contributed by atoms with van der Waals surface area (Å²) in [5.41, 5.74) is 6.38. The van der Waals surface area contributed by atoms with E-state index >= 15 is 0 Å². The minimum atomic E-state index is -4.88. The van der Waals surface area contributed by atoms with Crippen LogP contribution in [0.5, 0.6) is 0 Å². The molecule has 108 valence electrons. The number of halogens is 3. The van der Waals surface area contributed by atoms with Crippen molar-refractivity contribution in [1.29, 1.82) is 0 Å². The number of hydrogen-bond donors (Lipinski definition) is 3. The molecule has 9 heteroatoms. The Labute approximate surface area is 108 Å². The lowest BCUT2D eigenvalue weighted by Gasteiger charge is -2.15. The summed E-state index contributed by atoms with van der Waals surface area (Å²) in [5.74, 6) is 0. The quantitative estimate of drug-likeness (QED) is 0.716. The van der Waals surface area contributed by atoms with Crippen molar-refractivity contribution >= 4 is 15.7 Å². The summed E-state index contributed by atoms with van der Waals surface area (Å²) in [6.45, 7) is 0.506. The number of aryl methyl sites for hydroxylation is 1. The molecule has 0 spiro atoms. The first kappa shape index (κ1) is 15.7. The Balaban J connectivity index is 2.85. The van der Waals surface area contributed by atoms with E-state index in [0.717, 1.165) is 6.07 Å². The smallest absolute Gasteiger partial charge is 0.398 e. The number of benzene rings is 1. The van der Waals surface area contributed by atoms with Gasteiger partial charge in [0.05, 0.1) is 4.90 Å². The van der Waals surface area contributed by atoms with Crippen LogP contribution in [-0.4, -0.2) is 32.3 Å². The Morgan fingerprint density at radius 2 is 2.00 bits per heavy atom. The van der Waals surface area contributed by atoms with Crippen molar-refractivity contribution in [3.05, 3.63) is 23.8 Å². The second kappa shape index (κ2) is 5.35. The number of alkyl halides is 3. The highest BCUT2D eigenvalue weighted by Crippen LogP contribution is 2.20. The summed E-state index contributed by atoms with van der Waals surface area (Å²) in [7, 11) is -4.14. The van der Waals surface area contributed by atoms with Gasteiger partial charge in [0.1, 0.15) is 0 Å². The second-order valence-electron chi connectivity index (χ2n) is 3.93. The molecule has 0 aliphatic carbocycles. The molecule has 1 rings (SSSR count). The number of nitrogens with two attached hydrogens (primary N) is 1. The van der Waals surface area contributed by atoms with Crippen LogP contribution in [-0.2, 0) is 10.0 Å². The van der Waals surface area contributed by atoms with Crippen LogP contribution in [0.1, 0.15) is 5.56 Å². The highest BCUT2D eigenvalue weighted by atomic mass is 32.2. The van der Waals surface area contributed by atoms with Crippen LogP contribution in [0.25, 0.3) is 0 Å². The van der Waals surface area contributed by atoms with Gasteiger partial charge in [-0.3, -0.25) is 0 Å². The van der Waals surface area contributed by atoms with Gasteiger partial charge in [0.2, 0.25) is 10.0 Å². The summed E-state index contributed by atoms with van der Waals surface area (Å²) < 4.78 is 61.2. The summed E-state index contributed by atoms with van der Waals surface area (Å²) in [6.07, 6.45) is -7.64. The molecule has 0 bridgehead atoms. The zero-order valence-electron chi connectivity index (χ0n) is 9.90. The average Bonchev–Trinajstić information content (AvgIpc) is 2.28. The Kier molecular flexibility index (Phi) is 4.43. The fraction of sp³-hybridized carbons (Fsp3) is 0.400. The molecule has 0 aliphatic rings. The molecule has 1 aromatic rings. The Bertz CT molecular complexity index is 558. The highest BCUT2D eigenvalue weighted by molar-refractivity contribution is 7.89. The number of rotatable bonds is 4. The number of nitrogens with one attached hydrogen (secondary N) is 1. The monoisotopic (exact) mass is 298 g/mol. The SMILES string of the molecule is Cc1ccc(S(=O)(=O)NCC(O)C(F)(F)F)cc1N. The molecule has 0 saturated heterocycles. The van der Waals surface area contributed by atoms with Crippen molar-refractivity contribution < 1.29 is 26.7 Å². The maximum atomic E-state index is 12.0. The van der Waals surface area contributed by atoms with E-state index in [-0.39, 0.29) is 10.6 Å². The lowest BCUT2D eigenvalue weighted by Crippen LogP contribution is -2.40. The molecule has 0 heterocycles. The van der Waals surface area contributed by atoms with Gasteiger partial charge in [-0.2, -0.15) is 13.2 Å². The number of anilines is 1. The molecule has 0 aromatic heterocycles. The first-order valence-corrected chi connectivity index (χ1v) is 6.63. The van der Waals surface area contributed by atoms with E-state index in [2.05, 4.69) is 0 Å². The third-order valence-electron chi connectivity index (χ3n) is 2.41. The second-order valence-corrected chi connectivity index (χ2v) is 5.69. The highest BCUT2D eigenvalue weighted by Gasteiger charge is 2.38. The predicted octanol–water partition coefficient (Wildman–Crippen LogP) is 0.779. The molecule has 1 aromatic carbocycles. The van der Waals surface area contributed by atoms with E-state index in [1.807, 2.05) is 0 Å². The topological polar surface area (TPSA) is 92.4 Å². The van der Waals surface area contributed by atoms with Crippen molar-refractivity contribution in [3.8, 4) is 0 Å². The molecule has 0 fully saturated rings. The van der Waals surface area contributed by atoms with Crippen LogP contribution in [0, 0.1) is 6.92 Å². The number of nitrogen functional groups attached to an aromatic ring is 1. The first-order valence-electron chi connectivity index (χ1n) is 5.14. The summed E-state index contributed by atoms with van der Waals surface area (Å²) >= 11 is 0. The normalized spacial score (nSPS) is 14.4. The van der Waals surface area contributed by atoms with Gasteiger partial charge in [-0.1, -0.05) is 6.07 Å². The van der Waals surface area contributed by atoms with E-state index in [0.29, 0.717) is 5.56 Å². The number of aliphatic hydroxyl groups excluding tert-OH is 1. The molecule has 4 N–H and O–H groups in total. The van der Waals surface area contributed by atoms with E-state index < -0.39 is 28.8 Å². The Morgan fingerprint density at radius 1 is 1.42 bits per heavy atom. The number of sulfonamides is 1. The van der Waals surface area contributed by atoms with Gasteiger partial charge in [-0.05, 0) is 24.6 Å². The fourth-order valence-corrected chi connectivity index (χ4v) is 2.25. The maximum Gasteiger partial charge on any atom is 0.415 e. The Hall–Kier alpha value is -1.32. The number of aliphatic hydroxyl groups is 1. The summed E-state index contributed by atoms with van der Waals surface area (Å²) in [6, 6.07) is 3.79. The molecular formula is C10H13F3N2O3S. The molecule has 0 aliphatic heterocycles. The minimum Gasteiger partial charge on any atom is -0.398 e. The van der Waals surface area contributed by atoms with Crippen LogP contribution < -0.4 is 10.5 Å². The van der Waals surface area contributed by atoms with E-state index in [9.17, 15) is 21.6 Å². The first-order chi connectivity index (χ1) is 8.54. The zero-order valence-corrected chi connectivity index (χ0v) is 10.7. The number of hydrogen-bond acceptors (Lipinski definition) is 4. The maximum absolute atomic E-state index is 12.0. The van der Waals surface area contributed by atoms with E-state index in [4.69, 9.17) is 10.8 Å². The minimum absolute atomic E-state index is 0.208. The third-order valence-corrected chi connectivity index (χ3v) is 3.83. The molecule has 5 nitrogen and oxygen atoms in total. The van der Waals surface area contributed by atoms with Gasteiger partial charge in [-0.15, -0.1) is 0 Å². The zero-order chi connectivity index (χ0) is 14.8. The van der Waals surface area contributed by atoms with Gasteiger partial charge < -0.3 is 10.8 Å². The van der Waals surface area contributed by atoms with Gasteiger partial charge in [0, 0.05) is 12.2 Å². The van der Waals surface area contributed by atoms with Crippen LogP contribution in [0.4, 0.5) is 18.9 Å². The van der Waals surface area contributed by atoms with Crippen LogP contribution >= 0.6 is 0 Å². The molecule has 0 radical (unpaired) electrons. The summed E-state index contributed by atoms with van der Waals surface area (Å²) in [5, 5.41) is 8.72. The molecular weight excluding hydrogens is 285 g/mol. The van der Waals surface area contributed by atoms with Crippen LogP contribution in [0.2, 0.25) is 0 Å². The standard InChI is InChI=1S/C10H13F3N2O3S/c1-6-2-3-7(4-8(6)14)19(17,18)15-5-9(16)10(11,12)13/h2-4,9,15-16H,5,14H2,1H3. The Morgan fingerprint density at radius 3 is 2.47 bits per heavy atom. The largest absolute Gasteiger partial charge is 0.415 e. The van der Waals surface area contributed by atoms with E-state index in [1.165, 1.54) is 12.1 Å². The average molecular weight is 298 g/mol. The van der Waals surface area contributed by atoms with Crippen molar-refractivity contribution in [2.24, 2.45) is 0 Å². The van der Waals surface area contributed by atoms with Crippen molar-refractivity contribution in [2.75, 3.05) is 12.3 Å². The fourth-order valence-electron chi connectivity index (χ4n) is 1.17. The van der Waals surface area contributed by atoms with Crippen molar-refractivity contribution in [2.45, 2.75) is 24.1 Å². The van der Waals surface area contributed by atoms with Gasteiger partial charge in [-0.25, -0.2) is 13.1 Å². The van der Waals surface area contributed by atoms with Crippen LogP contribution in [0.3, 0.4) is 0 Å². The molecule has 1 atom stereocenters. The van der Waals surface area contributed by atoms with Crippen LogP contribution in [0.15, 0.2) is 23.1 Å². The third kappa shape index (κ3) is 4.08. The lowest BCUT2D eigenvalue weighted by molar-refractivity contribution is -0.200. The predicted molar refractivity (Wildman–Crippen MR) is 62.8 cm³/mol. The van der Waals surface area contributed by atoms with E-state index in [1.54, 1.807) is 11.6 Å². The van der Waals surface area contributed by atoms with Gasteiger partial charge in [0.15, 0.2) is 6.10 Å². The summed E-state index contributed by atoms with van der Waals surface area (Å²) in [4.78, 5) is -0.259. The molecule has 19 heavy (non-hydrogen) atoms. The van der Waals surface area contributed by atoms with Crippen molar-refractivity contribution in [3.63, 3.8) is 0 Å². The van der Waals surface area contributed by atoms with Crippen molar-refractivity contribution in [1.82, 2.24) is 4.72 Å². The van der Waals surface area contributed by atoms with Gasteiger partial charge >= 0.3 is 6.18 Å². The molecule has 0 amide bonds. The molecule has 1 unspecified atom stereocenters. The molecule has 0 saturated carbocycles.